The van der Waals surface area contributed by atoms with Crippen molar-refractivity contribution in [2.75, 3.05) is 5.32 Å². The molecular weight excluding hydrogens is 498 g/mol. The average Bonchev–Trinajstić information content (AvgIpc) is 3.32. The molecule has 2 aromatic carbocycles. The van der Waals surface area contributed by atoms with Crippen LogP contribution in [-0.4, -0.2) is 27.9 Å². The van der Waals surface area contributed by atoms with Crippen molar-refractivity contribution >= 4 is 52.3 Å². The molecule has 182 valence electrons. The van der Waals surface area contributed by atoms with E-state index >= 15 is 0 Å². The van der Waals surface area contributed by atoms with Crippen LogP contribution in [0.4, 0.5) is 10.1 Å². The van der Waals surface area contributed by atoms with Crippen LogP contribution < -0.4 is 10.6 Å². The van der Waals surface area contributed by atoms with Gasteiger partial charge in [0.05, 0.1) is 5.92 Å². The standard InChI is InChI=1S/C26H28Cl3FN2O2/c1-14-10-16(12-17(27)11-14)21-22(26(21,28)29)24(34)32-19-5-4-15(2)20(13-19)23(33)31-18-6-8-25(3,30)9-7-18/h4-5,10-13,18,21-22H,6-9H2,1-3H3,(H,31,33)(H,32,34). The van der Waals surface area contributed by atoms with E-state index in [1.54, 1.807) is 31.2 Å². The summed E-state index contributed by atoms with van der Waals surface area (Å²) in [5.74, 6) is -1.58. The molecule has 0 bridgehead atoms. The van der Waals surface area contributed by atoms with Crippen LogP contribution >= 0.6 is 34.8 Å². The third kappa shape index (κ3) is 5.37. The highest BCUT2D eigenvalue weighted by molar-refractivity contribution is 6.53. The molecule has 0 saturated heterocycles. The fourth-order valence-corrected chi connectivity index (χ4v) is 5.93. The molecule has 4 rings (SSSR count). The minimum Gasteiger partial charge on any atom is -0.349 e. The summed E-state index contributed by atoms with van der Waals surface area (Å²) in [6.45, 7) is 5.36. The zero-order valence-electron chi connectivity index (χ0n) is 19.4. The van der Waals surface area contributed by atoms with Crippen molar-refractivity contribution in [2.45, 2.75) is 68.4 Å². The third-order valence-electron chi connectivity index (χ3n) is 6.87. The van der Waals surface area contributed by atoms with E-state index in [0.717, 1.165) is 16.7 Å². The van der Waals surface area contributed by atoms with E-state index in [4.69, 9.17) is 34.8 Å². The van der Waals surface area contributed by atoms with Crippen LogP contribution in [0.2, 0.25) is 5.02 Å². The maximum atomic E-state index is 14.1. The van der Waals surface area contributed by atoms with Gasteiger partial charge in [-0.25, -0.2) is 4.39 Å². The van der Waals surface area contributed by atoms with E-state index in [1.165, 1.54) is 0 Å². The molecule has 4 nitrogen and oxygen atoms in total. The Kier molecular flexibility index (Phi) is 6.93. The van der Waals surface area contributed by atoms with Crippen molar-refractivity contribution in [2.24, 2.45) is 5.92 Å². The quantitative estimate of drug-likeness (QED) is 0.418. The second-order valence-electron chi connectivity index (χ2n) is 9.87. The molecule has 2 amide bonds. The molecule has 2 N–H and O–H groups in total. The Balaban J connectivity index is 1.45. The van der Waals surface area contributed by atoms with Crippen LogP contribution in [0, 0.1) is 19.8 Å². The summed E-state index contributed by atoms with van der Waals surface area (Å²) in [4.78, 5) is 25.9. The van der Waals surface area contributed by atoms with Crippen LogP contribution in [0.3, 0.4) is 0 Å². The third-order valence-corrected chi connectivity index (χ3v) is 8.03. The van der Waals surface area contributed by atoms with Crippen molar-refractivity contribution in [3.8, 4) is 0 Å². The lowest BCUT2D eigenvalue weighted by atomic mass is 9.85. The highest BCUT2D eigenvalue weighted by Crippen LogP contribution is 2.65. The minimum atomic E-state index is -1.24. The van der Waals surface area contributed by atoms with Crippen LogP contribution in [0.1, 0.15) is 65.6 Å². The number of benzene rings is 2. The minimum absolute atomic E-state index is 0.0598. The predicted molar refractivity (Wildman–Crippen MR) is 136 cm³/mol. The number of amides is 2. The number of aryl methyl sites for hydroxylation is 2. The lowest BCUT2D eigenvalue weighted by Gasteiger charge is -2.31. The van der Waals surface area contributed by atoms with Gasteiger partial charge in [-0.3, -0.25) is 9.59 Å². The van der Waals surface area contributed by atoms with Gasteiger partial charge in [-0.15, -0.1) is 23.2 Å². The fourth-order valence-electron chi connectivity index (χ4n) is 4.80. The van der Waals surface area contributed by atoms with Gasteiger partial charge >= 0.3 is 0 Å². The van der Waals surface area contributed by atoms with E-state index in [-0.39, 0.29) is 23.8 Å². The number of hydrogen-bond donors (Lipinski definition) is 2. The van der Waals surface area contributed by atoms with E-state index in [2.05, 4.69) is 10.6 Å². The first-order valence-electron chi connectivity index (χ1n) is 11.4. The Bertz CT molecular complexity index is 1100. The van der Waals surface area contributed by atoms with Crippen molar-refractivity contribution in [3.05, 3.63) is 63.7 Å². The highest BCUT2D eigenvalue weighted by Gasteiger charge is 2.67. The van der Waals surface area contributed by atoms with E-state index in [9.17, 15) is 14.0 Å². The van der Waals surface area contributed by atoms with Gasteiger partial charge in [0, 0.05) is 28.2 Å². The molecule has 2 unspecified atom stereocenters. The van der Waals surface area contributed by atoms with Crippen LogP contribution in [0.5, 0.6) is 0 Å². The summed E-state index contributed by atoms with van der Waals surface area (Å²) >= 11 is 19.1. The second kappa shape index (κ2) is 9.33. The smallest absolute Gasteiger partial charge is 0.251 e. The second-order valence-corrected chi connectivity index (χ2v) is 11.8. The number of anilines is 1. The number of halogens is 4. The number of rotatable bonds is 5. The molecule has 2 fully saturated rings. The number of carbonyl (C=O) groups is 2. The predicted octanol–water partition coefficient (Wildman–Crippen LogP) is 6.88. The van der Waals surface area contributed by atoms with Crippen molar-refractivity contribution in [1.82, 2.24) is 5.32 Å². The molecular formula is C26H28Cl3FN2O2. The first kappa shape index (κ1) is 25.3. The molecule has 2 aliphatic rings. The normalized spacial score (nSPS) is 27.7. The van der Waals surface area contributed by atoms with Gasteiger partial charge in [0.15, 0.2) is 0 Å². The molecule has 0 heterocycles. The number of hydrogen-bond acceptors (Lipinski definition) is 2. The van der Waals surface area contributed by atoms with Gasteiger partial charge in [0.25, 0.3) is 5.91 Å². The molecule has 34 heavy (non-hydrogen) atoms. The van der Waals surface area contributed by atoms with Gasteiger partial charge < -0.3 is 10.6 Å². The first-order chi connectivity index (χ1) is 15.9. The van der Waals surface area contributed by atoms with Gasteiger partial charge in [0.1, 0.15) is 10.0 Å². The molecule has 2 saturated carbocycles. The summed E-state index contributed by atoms with van der Waals surface area (Å²) in [5.41, 5.74) is 2.35. The maximum absolute atomic E-state index is 14.1. The van der Waals surface area contributed by atoms with E-state index in [1.807, 2.05) is 26.0 Å². The number of carbonyl (C=O) groups excluding carboxylic acids is 2. The Morgan fingerprint density at radius 1 is 1.06 bits per heavy atom. The largest absolute Gasteiger partial charge is 0.349 e. The van der Waals surface area contributed by atoms with Crippen LogP contribution in [-0.2, 0) is 4.79 Å². The number of nitrogens with one attached hydrogen (secondary N) is 2. The monoisotopic (exact) mass is 524 g/mol. The summed E-state index contributed by atoms with van der Waals surface area (Å²) in [7, 11) is 0. The van der Waals surface area contributed by atoms with Crippen LogP contribution in [0.25, 0.3) is 0 Å². The summed E-state index contributed by atoms with van der Waals surface area (Å²) < 4.78 is 12.8. The first-order valence-corrected chi connectivity index (χ1v) is 12.6. The van der Waals surface area contributed by atoms with Crippen molar-refractivity contribution < 1.29 is 14.0 Å². The highest BCUT2D eigenvalue weighted by atomic mass is 35.5. The lowest BCUT2D eigenvalue weighted by molar-refractivity contribution is -0.117. The van der Waals surface area contributed by atoms with E-state index in [0.29, 0.717) is 42.0 Å². The maximum Gasteiger partial charge on any atom is 0.251 e. The average molecular weight is 526 g/mol. The van der Waals surface area contributed by atoms with Gasteiger partial charge in [-0.05, 0) is 87.4 Å². The van der Waals surface area contributed by atoms with Crippen molar-refractivity contribution in [1.29, 1.82) is 0 Å². The van der Waals surface area contributed by atoms with Gasteiger partial charge in [0.2, 0.25) is 5.91 Å². The Hall–Kier alpha value is -1.82. The summed E-state index contributed by atoms with van der Waals surface area (Å²) in [6.07, 6.45) is 2.07. The van der Waals surface area contributed by atoms with Gasteiger partial charge in [-0.1, -0.05) is 23.7 Å². The molecule has 8 heteroatoms. The lowest BCUT2D eigenvalue weighted by Crippen LogP contribution is -2.40. The SMILES string of the molecule is Cc1cc(Cl)cc(C2C(C(=O)Nc3ccc(C)c(C(=O)NC4CCC(C)(F)CC4)c3)C2(Cl)Cl)c1. The van der Waals surface area contributed by atoms with Crippen LogP contribution in [0.15, 0.2) is 36.4 Å². The Labute approximate surface area is 214 Å². The van der Waals surface area contributed by atoms with Gasteiger partial charge in [-0.2, -0.15) is 0 Å². The number of alkyl halides is 3. The summed E-state index contributed by atoms with van der Waals surface area (Å²) in [5, 5.41) is 6.43. The van der Waals surface area contributed by atoms with E-state index < -0.39 is 15.9 Å². The molecule has 2 atom stereocenters. The molecule has 0 radical (unpaired) electrons. The molecule has 0 aromatic heterocycles. The molecule has 2 aromatic rings. The topological polar surface area (TPSA) is 58.2 Å². The van der Waals surface area contributed by atoms with Crippen molar-refractivity contribution in [3.63, 3.8) is 0 Å². The zero-order valence-corrected chi connectivity index (χ0v) is 21.6. The summed E-state index contributed by atoms with van der Waals surface area (Å²) in [6, 6.07) is 10.6. The Morgan fingerprint density at radius 2 is 1.74 bits per heavy atom. The Morgan fingerprint density at radius 3 is 2.38 bits per heavy atom. The fraction of sp³-hybridized carbons (Fsp3) is 0.462. The zero-order chi connectivity index (χ0) is 24.8. The molecule has 2 aliphatic carbocycles. The molecule has 0 spiro atoms. The molecule has 0 aliphatic heterocycles.